The minimum Gasteiger partial charge on any atom is -0.472 e. The fraction of sp³-hybridized carbons (Fsp3) is 0.909. The minimum atomic E-state index is -0.527. The van der Waals surface area contributed by atoms with Gasteiger partial charge in [-0.25, -0.2) is 0 Å². The van der Waals surface area contributed by atoms with Gasteiger partial charge in [0.1, 0.15) is 18.3 Å². The summed E-state index contributed by atoms with van der Waals surface area (Å²) in [5, 5.41) is 0. The molecule has 0 aromatic rings. The quantitative estimate of drug-likeness (QED) is 0.719. The van der Waals surface area contributed by atoms with Crippen molar-refractivity contribution in [3.05, 3.63) is 0 Å². The van der Waals surface area contributed by atoms with Crippen LogP contribution >= 0.6 is 24.0 Å². The molecule has 2 rings (SSSR count). The molecule has 2 fully saturated rings. The molecule has 0 amide bonds. The molecule has 0 saturated carbocycles. The second-order valence-corrected chi connectivity index (χ2v) is 6.01. The number of rotatable bonds is 2. The van der Waals surface area contributed by atoms with Crippen molar-refractivity contribution in [1.29, 1.82) is 0 Å². The van der Waals surface area contributed by atoms with Crippen molar-refractivity contribution in [3.63, 3.8) is 0 Å². The summed E-state index contributed by atoms with van der Waals surface area (Å²) in [5.41, 5.74) is 0. The van der Waals surface area contributed by atoms with Crippen LogP contribution in [0.5, 0.6) is 0 Å². The van der Waals surface area contributed by atoms with Crippen LogP contribution in [0.4, 0.5) is 0 Å². The molecule has 98 valence electrons. The van der Waals surface area contributed by atoms with Gasteiger partial charge in [-0.3, -0.25) is 0 Å². The first-order chi connectivity index (χ1) is 8.02. The maximum absolute atomic E-state index is 5.80. The summed E-state index contributed by atoms with van der Waals surface area (Å²) in [6.45, 7) is 5.05. The molecule has 4 nitrogen and oxygen atoms in total. The fourth-order valence-corrected chi connectivity index (χ4v) is 2.46. The molecule has 0 radical (unpaired) electrons. The Morgan fingerprint density at radius 1 is 1.47 bits per heavy atom. The van der Waals surface area contributed by atoms with Gasteiger partial charge in [-0.05, 0) is 32.3 Å². The molecular formula is C11H18O4S2. The molecule has 3 atom stereocenters. The van der Waals surface area contributed by atoms with Gasteiger partial charge in [0.15, 0.2) is 5.79 Å². The lowest BCUT2D eigenvalue weighted by Crippen LogP contribution is -2.39. The summed E-state index contributed by atoms with van der Waals surface area (Å²) in [6.07, 6.45) is 2.60. The molecule has 0 bridgehead atoms. The second-order valence-electron chi connectivity index (χ2n) is 4.60. The highest BCUT2D eigenvalue weighted by Crippen LogP contribution is 2.31. The zero-order valence-corrected chi connectivity index (χ0v) is 11.9. The van der Waals surface area contributed by atoms with Crippen LogP contribution in [0.1, 0.15) is 20.3 Å². The monoisotopic (exact) mass is 278 g/mol. The third-order valence-corrected chi connectivity index (χ3v) is 3.92. The van der Waals surface area contributed by atoms with Gasteiger partial charge in [0.05, 0.1) is 13.2 Å². The molecular weight excluding hydrogens is 260 g/mol. The van der Waals surface area contributed by atoms with E-state index >= 15 is 0 Å². The zero-order chi connectivity index (χ0) is 12.5. The summed E-state index contributed by atoms with van der Waals surface area (Å²) in [6, 6.07) is 0. The normalized spacial score (nSPS) is 36.1. The van der Waals surface area contributed by atoms with Gasteiger partial charge >= 0.3 is 0 Å². The van der Waals surface area contributed by atoms with Gasteiger partial charge < -0.3 is 18.9 Å². The number of hydrogen-bond acceptors (Lipinski definition) is 6. The van der Waals surface area contributed by atoms with E-state index in [-0.39, 0.29) is 18.3 Å². The number of hydrogen-bond donors (Lipinski definition) is 0. The molecule has 2 heterocycles. The highest BCUT2D eigenvalue weighted by Gasteiger charge is 2.44. The van der Waals surface area contributed by atoms with E-state index in [0.717, 1.165) is 6.42 Å². The predicted molar refractivity (Wildman–Crippen MR) is 70.2 cm³/mol. The highest BCUT2D eigenvalue weighted by molar-refractivity contribution is 8.22. The first-order valence-electron chi connectivity index (χ1n) is 5.70. The lowest BCUT2D eigenvalue weighted by molar-refractivity contribution is -0.157. The first kappa shape index (κ1) is 13.5. The Bertz CT molecular complexity index is 295. The van der Waals surface area contributed by atoms with E-state index in [1.165, 1.54) is 11.8 Å². The summed E-state index contributed by atoms with van der Waals surface area (Å²) in [7, 11) is 0. The maximum Gasteiger partial charge on any atom is 0.220 e. The van der Waals surface area contributed by atoms with Crippen molar-refractivity contribution >= 4 is 28.4 Å². The van der Waals surface area contributed by atoms with Crippen LogP contribution in [-0.2, 0) is 18.9 Å². The molecule has 17 heavy (non-hydrogen) atoms. The van der Waals surface area contributed by atoms with Gasteiger partial charge in [0, 0.05) is 6.42 Å². The Morgan fingerprint density at radius 3 is 2.82 bits per heavy atom. The standard InChI is InChI=1S/C11H18O4S2/c1-11(2)13-6-8(15-11)9-7(4-5-12-9)14-10(16)17-3/h7-9H,4-6H2,1-3H3/t7-,8?,9+/m1/s1. The predicted octanol–water partition coefficient (Wildman–Crippen LogP) is 1.96. The average Bonchev–Trinajstić information content (AvgIpc) is 2.84. The lowest BCUT2D eigenvalue weighted by atomic mass is 10.1. The Labute approximate surface area is 111 Å². The van der Waals surface area contributed by atoms with E-state index in [4.69, 9.17) is 31.2 Å². The van der Waals surface area contributed by atoms with E-state index in [0.29, 0.717) is 17.6 Å². The van der Waals surface area contributed by atoms with E-state index in [9.17, 15) is 0 Å². The number of thiocarbonyl (C=S) groups is 1. The van der Waals surface area contributed by atoms with Gasteiger partial charge in [-0.1, -0.05) is 11.8 Å². The van der Waals surface area contributed by atoms with Crippen molar-refractivity contribution in [2.24, 2.45) is 0 Å². The lowest BCUT2D eigenvalue weighted by Gasteiger charge is -2.25. The van der Waals surface area contributed by atoms with Crippen LogP contribution in [0.15, 0.2) is 0 Å². The summed E-state index contributed by atoms with van der Waals surface area (Å²) in [4.78, 5) is 0. The third-order valence-electron chi connectivity index (χ3n) is 2.89. The van der Waals surface area contributed by atoms with E-state index in [1.807, 2.05) is 20.1 Å². The van der Waals surface area contributed by atoms with Crippen molar-refractivity contribution < 1.29 is 18.9 Å². The summed E-state index contributed by atoms with van der Waals surface area (Å²) >= 11 is 6.52. The van der Waals surface area contributed by atoms with Crippen molar-refractivity contribution in [2.75, 3.05) is 19.5 Å². The molecule has 2 aliphatic rings. The molecule has 0 aromatic heterocycles. The summed E-state index contributed by atoms with van der Waals surface area (Å²) < 4.78 is 23.3. The van der Waals surface area contributed by atoms with E-state index < -0.39 is 5.79 Å². The van der Waals surface area contributed by atoms with Crippen LogP contribution in [0.25, 0.3) is 0 Å². The van der Waals surface area contributed by atoms with Crippen molar-refractivity contribution in [2.45, 2.75) is 44.4 Å². The second kappa shape index (κ2) is 5.40. The maximum atomic E-state index is 5.80. The highest BCUT2D eigenvalue weighted by atomic mass is 32.2. The van der Waals surface area contributed by atoms with Crippen LogP contribution in [0.2, 0.25) is 0 Å². The zero-order valence-electron chi connectivity index (χ0n) is 10.3. The SMILES string of the molecule is CSC(=S)O[C@@H]1CCO[C@@H]1C1COC(C)(C)O1. The molecule has 6 heteroatoms. The van der Waals surface area contributed by atoms with Gasteiger partial charge in [-0.2, -0.15) is 0 Å². The Morgan fingerprint density at radius 2 is 2.24 bits per heavy atom. The topological polar surface area (TPSA) is 36.9 Å². The van der Waals surface area contributed by atoms with Crippen molar-refractivity contribution in [3.8, 4) is 0 Å². The van der Waals surface area contributed by atoms with Gasteiger partial charge in [0.25, 0.3) is 0 Å². The first-order valence-corrected chi connectivity index (χ1v) is 7.33. The van der Waals surface area contributed by atoms with Crippen molar-refractivity contribution in [1.82, 2.24) is 0 Å². The largest absolute Gasteiger partial charge is 0.472 e. The average molecular weight is 278 g/mol. The molecule has 0 spiro atoms. The third kappa shape index (κ3) is 3.32. The Balaban J connectivity index is 1.93. The molecule has 0 aliphatic carbocycles. The van der Waals surface area contributed by atoms with Crippen LogP contribution < -0.4 is 0 Å². The molecule has 0 N–H and O–H groups in total. The minimum absolute atomic E-state index is 0.0163. The van der Waals surface area contributed by atoms with Gasteiger partial charge in [-0.15, -0.1) is 0 Å². The molecule has 2 saturated heterocycles. The van der Waals surface area contributed by atoms with Crippen LogP contribution in [0.3, 0.4) is 0 Å². The van der Waals surface area contributed by atoms with E-state index in [1.54, 1.807) is 0 Å². The van der Waals surface area contributed by atoms with E-state index in [2.05, 4.69) is 0 Å². The Hall–Kier alpha value is 0.120. The molecule has 2 aliphatic heterocycles. The van der Waals surface area contributed by atoms with Crippen LogP contribution in [-0.4, -0.2) is 48.0 Å². The molecule has 0 aromatic carbocycles. The molecule has 1 unspecified atom stereocenters. The fourth-order valence-electron chi connectivity index (χ4n) is 2.11. The van der Waals surface area contributed by atoms with Gasteiger partial charge in [0.2, 0.25) is 4.38 Å². The summed E-state index contributed by atoms with van der Waals surface area (Å²) in [5.74, 6) is -0.527. The smallest absolute Gasteiger partial charge is 0.220 e. The number of ether oxygens (including phenoxy) is 4. The van der Waals surface area contributed by atoms with Crippen LogP contribution in [0, 0.1) is 0 Å². The Kier molecular flexibility index (Phi) is 4.31. The number of thioether (sulfide) groups is 1.